The molecule has 1 aromatic rings. The van der Waals surface area contributed by atoms with Crippen LogP contribution in [-0.2, 0) is 9.53 Å². The summed E-state index contributed by atoms with van der Waals surface area (Å²) in [5.41, 5.74) is 0.283. The maximum atomic E-state index is 12.8. The van der Waals surface area contributed by atoms with Gasteiger partial charge in [0.25, 0.3) is 0 Å². The lowest BCUT2D eigenvalue weighted by atomic mass is 9.83. The average Bonchev–Trinajstić information content (AvgIpc) is 3.07. The van der Waals surface area contributed by atoms with Crippen molar-refractivity contribution in [2.75, 3.05) is 13.1 Å². The molecule has 2 aliphatic heterocycles. The molecule has 24 heavy (non-hydrogen) atoms. The highest BCUT2D eigenvalue weighted by molar-refractivity contribution is 5.84. The molecule has 1 N–H and O–H groups in total. The Bertz CT molecular complexity index is 720. The number of rotatable bonds is 2. The second-order valence-electron chi connectivity index (χ2n) is 7.10. The van der Waals surface area contributed by atoms with Crippen molar-refractivity contribution in [3.8, 4) is 6.07 Å². The molecule has 0 saturated carbocycles. The van der Waals surface area contributed by atoms with Crippen LogP contribution in [0.5, 0.6) is 0 Å². The molecule has 6 nitrogen and oxygen atoms in total. The summed E-state index contributed by atoms with van der Waals surface area (Å²) >= 11 is 0. The summed E-state index contributed by atoms with van der Waals surface area (Å²) in [5.74, 6) is -0.295. The molecule has 2 saturated heterocycles. The Labute approximate surface area is 141 Å². The van der Waals surface area contributed by atoms with Gasteiger partial charge in [-0.1, -0.05) is 12.1 Å². The maximum Gasteiger partial charge on any atom is 0.408 e. The summed E-state index contributed by atoms with van der Waals surface area (Å²) < 4.78 is 5.54. The lowest BCUT2D eigenvalue weighted by molar-refractivity contribution is -0.132. The van der Waals surface area contributed by atoms with Crippen molar-refractivity contribution in [1.29, 1.82) is 5.26 Å². The van der Waals surface area contributed by atoms with Crippen molar-refractivity contribution < 1.29 is 14.3 Å². The van der Waals surface area contributed by atoms with Gasteiger partial charge in [0.2, 0.25) is 5.91 Å². The fourth-order valence-corrected chi connectivity index (χ4v) is 3.53. The molecule has 0 aliphatic carbocycles. The van der Waals surface area contributed by atoms with E-state index in [1.54, 1.807) is 17.0 Å². The van der Waals surface area contributed by atoms with Crippen LogP contribution in [0.3, 0.4) is 0 Å². The molecular weight excluding hydrogens is 306 g/mol. The quantitative estimate of drug-likeness (QED) is 0.902. The Morgan fingerprint density at radius 3 is 2.58 bits per heavy atom. The SMILES string of the molecule is CC(C(=O)N1CCC2(C1)OC(=O)NC2(C)C)c1ccc(C#N)cc1. The van der Waals surface area contributed by atoms with Crippen LogP contribution in [0.15, 0.2) is 24.3 Å². The molecule has 2 aliphatic rings. The van der Waals surface area contributed by atoms with Gasteiger partial charge in [0.15, 0.2) is 5.60 Å². The van der Waals surface area contributed by atoms with Crippen LogP contribution in [0.25, 0.3) is 0 Å². The first-order chi connectivity index (χ1) is 11.3. The number of hydrogen-bond donors (Lipinski definition) is 1. The van der Waals surface area contributed by atoms with E-state index in [1.165, 1.54) is 0 Å². The lowest BCUT2D eigenvalue weighted by Gasteiger charge is -2.34. The van der Waals surface area contributed by atoms with E-state index < -0.39 is 17.2 Å². The van der Waals surface area contributed by atoms with Gasteiger partial charge in [-0.05, 0) is 38.5 Å². The first kappa shape index (κ1) is 16.3. The Morgan fingerprint density at radius 2 is 2.04 bits per heavy atom. The molecule has 2 heterocycles. The molecule has 0 aromatic heterocycles. The highest BCUT2D eigenvalue weighted by Crippen LogP contribution is 2.40. The van der Waals surface area contributed by atoms with E-state index in [-0.39, 0.29) is 11.8 Å². The van der Waals surface area contributed by atoms with Crippen molar-refractivity contribution in [1.82, 2.24) is 10.2 Å². The second kappa shape index (κ2) is 5.52. The number of amides is 2. The van der Waals surface area contributed by atoms with Crippen molar-refractivity contribution in [2.24, 2.45) is 0 Å². The van der Waals surface area contributed by atoms with Gasteiger partial charge >= 0.3 is 6.09 Å². The normalized spacial score (nSPS) is 25.9. The molecule has 6 heteroatoms. The van der Waals surface area contributed by atoms with Gasteiger partial charge in [-0.2, -0.15) is 5.26 Å². The minimum absolute atomic E-state index is 0.00957. The molecule has 2 fully saturated rings. The Balaban J connectivity index is 1.74. The van der Waals surface area contributed by atoms with E-state index in [1.807, 2.05) is 32.9 Å². The molecule has 126 valence electrons. The molecule has 1 spiro atoms. The zero-order valence-corrected chi connectivity index (χ0v) is 14.1. The third kappa shape index (κ3) is 2.50. The van der Waals surface area contributed by atoms with E-state index in [2.05, 4.69) is 11.4 Å². The largest absolute Gasteiger partial charge is 0.438 e. The number of carbonyl (C=O) groups is 2. The Kier molecular flexibility index (Phi) is 3.75. The number of likely N-dealkylation sites (tertiary alicyclic amines) is 1. The minimum Gasteiger partial charge on any atom is -0.438 e. The fraction of sp³-hybridized carbons (Fsp3) is 0.500. The maximum absolute atomic E-state index is 12.8. The highest BCUT2D eigenvalue weighted by atomic mass is 16.6. The Hall–Kier alpha value is -2.55. The van der Waals surface area contributed by atoms with Crippen LogP contribution in [0.4, 0.5) is 4.79 Å². The van der Waals surface area contributed by atoms with Crippen LogP contribution in [-0.4, -0.2) is 41.1 Å². The number of benzene rings is 1. The zero-order chi connectivity index (χ0) is 17.5. The van der Waals surface area contributed by atoms with Crippen molar-refractivity contribution >= 4 is 12.0 Å². The summed E-state index contributed by atoms with van der Waals surface area (Å²) in [6.45, 7) is 6.68. The molecule has 2 amide bonds. The van der Waals surface area contributed by atoms with E-state index >= 15 is 0 Å². The number of ether oxygens (including phenoxy) is 1. The summed E-state index contributed by atoms with van der Waals surface area (Å²) in [5, 5.41) is 11.7. The lowest BCUT2D eigenvalue weighted by Crippen LogP contribution is -2.54. The smallest absolute Gasteiger partial charge is 0.408 e. The van der Waals surface area contributed by atoms with E-state index in [9.17, 15) is 9.59 Å². The van der Waals surface area contributed by atoms with Gasteiger partial charge in [-0.3, -0.25) is 4.79 Å². The van der Waals surface area contributed by atoms with Gasteiger partial charge in [-0.15, -0.1) is 0 Å². The summed E-state index contributed by atoms with van der Waals surface area (Å²) in [4.78, 5) is 26.3. The molecule has 1 aromatic carbocycles. The third-order valence-corrected chi connectivity index (χ3v) is 5.30. The van der Waals surface area contributed by atoms with Crippen molar-refractivity contribution in [3.05, 3.63) is 35.4 Å². The first-order valence-corrected chi connectivity index (χ1v) is 8.08. The zero-order valence-electron chi connectivity index (χ0n) is 14.1. The number of nitrogens with one attached hydrogen (secondary N) is 1. The van der Waals surface area contributed by atoms with E-state index in [4.69, 9.17) is 10.00 Å². The standard InChI is InChI=1S/C18H21N3O3/c1-12(14-6-4-13(10-19)5-7-14)15(22)21-9-8-18(11-21)17(2,3)20-16(23)24-18/h4-7,12H,8-9,11H2,1-3H3,(H,20,23). The van der Waals surface area contributed by atoms with Crippen LogP contribution in [0.2, 0.25) is 0 Å². The molecule has 3 rings (SSSR count). The number of alkyl carbamates (subject to hydrolysis) is 1. The molecule has 0 bridgehead atoms. The number of hydrogen-bond acceptors (Lipinski definition) is 4. The predicted molar refractivity (Wildman–Crippen MR) is 87.2 cm³/mol. The molecular formula is C18H21N3O3. The van der Waals surface area contributed by atoms with Crippen LogP contribution < -0.4 is 5.32 Å². The first-order valence-electron chi connectivity index (χ1n) is 8.08. The van der Waals surface area contributed by atoms with E-state index in [0.29, 0.717) is 25.1 Å². The molecule has 2 atom stereocenters. The monoisotopic (exact) mass is 327 g/mol. The number of carbonyl (C=O) groups excluding carboxylic acids is 2. The van der Waals surface area contributed by atoms with Gasteiger partial charge < -0.3 is 15.0 Å². The van der Waals surface area contributed by atoms with Gasteiger partial charge in [-0.25, -0.2) is 4.79 Å². The molecule has 0 radical (unpaired) electrons. The Morgan fingerprint density at radius 1 is 1.38 bits per heavy atom. The second-order valence-corrected chi connectivity index (χ2v) is 7.10. The van der Waals surface area contributed by atoms with Crippen LogP contribution >= 0.6 is 0 Å². The summed E-state index contributed by atoms with van der Waals surface area (Å²) in [6.07, 6.45) is 0.208. The van der Waals surface area contributed by atoms with Crippen LogP contribution in [0.1, 0.15) is 44.2 Å². The van der Waals surface area contributed by atoms with Gasteiger partial charge in [0, 0.05) is 13.0 Å². The van der Waals surface area contributed by atoms with E-state index in [0.717, 1.165) is 5.56 Å². The van der Waals surface area contributed by atoms with Crippen molar-refractivity contribution in [3.63, 3.8) is 0 Å². The van der Waals surface area contributed by atoms with Crippen molar-refractivity contribution in [2.45, 2.75) is 44.2 Å². The van der Waals surface area contributed by atoms with Crippen LogP contribution in [0, 0.1) is 11.3 Å². The summed E-state index contributed by atoms with van der Waals surface area (Å²) in [7, 11) is 0. The number of nitriles is 1. The highest BCUT2D eigenvalue weighted by Gasteiger charge is 2.59. The minimum atomic E-state index is -0.663. The van der Waals surface area contributed by atoms with Gasteiger partial charge in [0.05, 0.1) is 29.6 Å². The fourth-order valence-electron chi connectivity index (χ4n) is 3.53. The average molecular weight is 327 g/mol. The molecule has 2 unspecified atom stereocenters. The topological polar surface area (TPSA) is 82.4 Å². The number of nitrogens with zero attached hydrogens (tertiary/aromatic N) is 2. The van der Waals surface area contributed by atoms with Gasteiger partial charge in [0.1, 0.15) is 0 Å². The third-order valence-electron chi connectivity index (χ3n) is 5.30. The summed E-state index contributed by atoms with van der Waals surface area (Å²) in [6, 6.07) is 9.14. The predicted octanol–water partition coefficient (Wildman–Crippen LogP) is 2.15.